The van der Waals surface area contributed by atoms with E-state index < -0.39 is 29.9 Å². The number of ether oxygens (including phenoxy) is 1. The van der Waals surface area contributed by atoms with E-state index in [2.05, 4.69) is 35.9 Å². The molecule has 14 heteroatoms. The maximum absolute atomic E-state index is 13.9. The summed E-state index contributed by atoms with van der Waals surface area (Å²) in [5.41, 5.74) is 0.737. The molecule has 0 radical (unpaired) electrons. The number of amides is 2. The summed E-state index contributed by atoms with van der Waals surface area (Å²) in [4.78, 5) is 36.6. The van der Waals surface area contributed by atoms with E-state index in [1.54, 1.807) is 12.1 Å². The van der Waals surface area contributed by atoms with Gasteiger partial charge in [-0.05, 0) is 38.0 Å². The van der Waals surface area contributed by atoms with Crippen LogP contribution >= 0.6 is 0 Å². The molecule has 4 heterocycles. The molecule has 4 aromatic rings. The summed E-state index contributed by atoms with van der Waals surface area (Å²) in [6, 6.07) is 4.07. The number of oxazole rings is 1. The standard InChI is InChI=1S/C23H20F2N8O4/c1-11(15-7-13(24)8-27-19(15)25)36-23(35)30-20-18(31-32-33(20)2)16-6-5-14(9-26-16)29-21(34)17-10-28-22(37-17)12-3-4-12/h5-12H,3-4H2,1-2H3,(H,29,34)(H,30,35)/t11-/m1/s1. The number of aromatic nitrogens is 6. The molecular formula is C23H20F2N8O4. The van der Waals surface area contributed by atoms with Crippen molar-refractivity contribution in [1.82, 2.24) is 29.9 Å². The van der Waals surface area contributed by atoms with Gasteiger partial charge in [0.15, 0.2) is 17.4 Å². The van der Waals surface area contributed by atoms with Crippen molar-refractivity contribution >= 4 is 23.5 Å². The normalized spacial score (nSPS) is 13.7. The number of carbonyl (C=O) groups is 2. The number of nitrogens with zero attached hydrogens (tertiary/aromatic N) is 6. The molecule has 0 saturated heterocycles. The molecule has 2 N–H and O–H groups in total. The Morgan fingerprint density at radius 1 is 1.14 bits per heavy atom. The van der Waals surface area contributed by atoms with Gasteiger partial charge in [-0.1, -0.05) is 5.21 Å². The van der Waals surface area contributed by atoms with Gasteiger partial charge in [0.25, 0.3) is 5.91 Å². The zero-order valence-corrected chi connectivity index (χ0v) is 19.6. The fourth-order valence-electron chi connectivity index (χ4n) is 3.46. The molecule has 2 amide bonds. The van der Waals surface area contributed by atoms with Gasteiger partial charge in [0, 0.05) is 13.0 Å². The second-order valence-electron chi connectivity index (χ2n) is 8.34. The summed E-state index contributed by atoms with van der Waals surface area (Å²) < 4.78 is 39.3. The van der Waals surface area contributed by atoms with Gasteiger partial charge in [-0.2, -0.15) is 4.39 Å². The van der Waals surface area contributed by atoms with Crippen molar-refractivity contribution in [2.24, 2.45) is 7.05 Å². The van der Waals surface area contributed by atoms with E-state index in [0.717, 1.165) is 25.1 Å². The highest BCUT2D eigenvalue weighted by Crippen LogP contribution is 2.39. The first-order valence-corrected chi connectivity index (χ1v) is 11.2. The van der Waals surface area contributed by atoms with Gasteiger partial charge in [0.1, 0.15) is 11.9 Å². The molecule has 1 atom stereocenters. The second kappa shape index (κ2) is 9.72. The molecule has 12 nitrogen and oxygen atoms in total. The van der Waals surface area contributed by atoms with Crippen LogP contribution in [0.5, 0.6) is 0 Å². The number of nitrogens with one attached hydrogen (secondary N) is 2. The molecule has 1 aliphatic carbocycles. The number of halogens is 2. The van der Waals surface area contributed by atoms with Crippen molar-refractivity contribution in [3.8, 4) is 11.4 Å². The topological polar surface area (TPSA) is 150 Å². The molecule has 0 aliphatic heterocycles. The minimum absolute atomic E-state index is 0.105. The van der Waals surface area contributed by atoms with Crippen molar-refractivity contribution in [2.45, 2.75) is 31.8 Å². The highest BCUT2D eigenvalue weighted by molar-refractivity contribution is 6.02. The quantitative estimate of drug-likeness (QED) is 0.352. The van der Waals surface area contributed by atoms with E-state index in [4.69, 9.17) is 9.15 Å². The fraction of sp³-hybridized carbons (Fsp3) is 0.261. The average Bonchev–Trinajstić information content (AvgIpc) is 3.50. The molecule has 0 aromatic carbocycles. The third-order valence-electron chi connectivity index (χ3n) is 5.54. The minimum Gasteiger partial charge on any atom is -0.441 e. The lowest BCUT2D eigenvalue weighted by Gasteiger charge is -2.15. The van der Waals surface area contributed by atoms with Crippen LogP contribution in [0.3, 0.4) is 0 Å². The maximum Gasteiger partial charge on any atom is 0.413 e. The summed E-state index contributed by atoms with van der Waals surface area (Å²) in [5.74, 6) is -1.07. The van der Waals surface area contributed by atoms with Crippen molar-refractivity contribution < 1.29 is 27.5 Å². The summed E-state index contributed by atoms with van der Waals surface area (Å²) in [5, 5.41) is 13.1. The van der Waals surface area contributed by atoms with E-state index >= 15 is 0 Å². The van der Waals surface area contributed by atoms with Gasteiger partial charge in [0.2, 0.25) is 11.7 Å². The Balaban J connectivity index is 1.25. The molecule has 190 valence electrons. The molecule has 0 bridgehead atoms. The van der Waals surface area contributed by atoms with Crippen molar-refractivity contribution in [3.05, 3.63) is 65.8 Å². The summed E-state index contributed by atoms with van der Waals surface area (Å²) in [7, 11) is 1.54. The lowest BCUT2D eigenvalue weighted by atomic mass is 10.2. The largest absolute Gasteiger partial charge is 0.441 e. The van der Waals surface area contributed by atoms with Gasteiger partial charge >= 0.3 is 6.09 Å². The summed E-state index contributed by atoms with van der Waals surface area (Å²) >= 11 is 0. The third-order valence-corrected chi connectivity index (χ3v) is 5.54. The molecule has 1 aliphatic rings. The van der Waals surface area contributed by atoms with Gasteiger partial charge in [0.05, 0.1) is 35.5 Å². The number of hydrogen-bond acceptors (Lipinski definition) is 9. The monoisotopic (exact) mass is 510 g/mol. The molecular weight excluding hydrogens is 490 g/mol. The average molecular weight is 510 g/mol. The van der Waals surface area contributed by atoms with E-state index in [-0.39, 0.29) is 28.8 Å². The number of anilines is 2. The lowest BCUT2D eigenvalue weighted by molar-refractivity contribution is 0.0994. The van der Waals surface area contributed by atoms with Crippen LogP contribution in [-0.4, -0.2) is 41.9 Å². The summed E-state index contributed by atoms with van der Waals surface area (Å²) in [6.07, 6.45) is 3.45. The zero-order chi connectivity index (χ0) is 26.1. The van der Waals surface area contributed by atoms with E-state index in [0.29, 0.717) is 17.3 Å². The Morgan fingerprint density at radius 3 is 2.68 bits per heavy atom. The van der Waals surface area contributed by atoms with Gasteiger partial charge in [-0.25, -0.2) is 23.8 Å². The van der Waals surface area contributed by atoms with E-state index in [1.807, 2.05) is 0 Å². The number of rotatable bonds is 7. The first kappa shape index (κ1) is 24.0. The highest BCUT2D eigenvalue weighted by Gasteiger charge is 2.29. The van der Waals surface area contributed by atoms with Crippen LogP contribution < -0.4 is 10.6 Å². The first-order valence-electron chi connectivity index (χ1n) is 11.2. The predicted molar refractivity (Wildman–Crippen MR) is 123 cm³/mol. The van der Waals surface area contributed by atoms with Crippen LogP contribution in [0.1, 0.15) is 53.8 Å². The predicted octanol–water partition coefficient (Wildman–Crippen LogP) is 3.98. The Kier molecular flexibility index (Phi) is 6.29. The molecule has 0 unspecified atom stereocenters. The molecule has 0 spiro atoms. The first-order chi connectivity index (χ1) is 17.8. The third kappa shape index (κ3) is 5.27. The lowest BCUT2D eigenvalue weighted by Crippen LogP contribution is -2.19. The van der Waals surface area contributed by atoms with Crippen LogP contribution in [0.25, 0.3) is 11.4 Å². The minimum atomic E-state index is -1.13. The Hall–Kier alpha value is -4.75. The zero-order valence-electron chi connectivity index (χ0n) is 19.6. The molecule has 1 saturated carbocycles. The number of aryl methyl sites for hydroxylation is 1. The Labute approximate surface area is 208 Å². The van der Waals surface area contributed by atoms with Crippen LogP contribution in [0.15, 0.2) is 41.2 Å². The van der Waals surface area contributed by atoms with Crippen LogP contribution in [-0.2, 0) is 11.8 Å². The van der Waals surface area contributed by atoms with Gasteiger partial charge < -0.3 is 14.5 Å². The smallest absolute Gasteiger partial charge is 0.413 e. The van der Waals surface area contributed by atoms with Crippen molar-refractivity contribution in [1.29, 1.82) is 0 Å². The van der Waals surface area contributed by atoms with Crippen LogP contribution in [0, 0.1) is 11.8 Å². The Morgan fingerprint density at radius 2 is 1.95 bits per heavy atom. The highest BCUT2D eigenvalue weighted by atomic mass is 19.1. The fourth-order valence-corrected chi connectivity index (χ4v) is 3.46. The number of pyridine rings is 2. The molecule has 4 aromatic heterocycles. The van der Waals surface area contributed by atoms with Gasteiger partial charge in [-0.15, -0.1) is 5.10 Å². The van der Waals surface area contributed by atoms with Crippen molar-refractivity contribution in [2.75, 3.05) is 10.6 Å². The maximum atomic E-state index is 13.9. The molecule has 37 heavy (non-hydrogen) atoms. The van der Waals surface area contributed by atoms with Gasteiger partial charge in [-0.3, -0.25) is 15.1 Å². The second-order valence-corrected chi connectivity index (χ2v) is 8.34. The van der Waals surface area contributed by atoms with Crippen LogP contribution in [0.2, 0.25) is 0 Å². The van der Waals surface area contributed by atoms with E-state index in [9.17, 15) is 18.4 Å². The molecule has 1 fully saturated rings. The number of carbonyl (C=O) groups excluding carboxylic acids is 2. The Bertz CT molecular complexity index is 1470. The van der Waals surface area contributed by atoms with Crippen molar-refractivity contribution in [3.63, 3.8) is 0 Å². The van der Waals surface area contributed by atoms with E-state index in [1.165, 1.54) is 31.0 Å². The SMILES string of the molecule is C[C@@H](OC(=O)Nc1c(-c2ccc(NC(=O)c3cnc(C4CC4)o3)cn2)nnn1C)c1cc(F)cnc1F. The van der Waals surface area contributed by atoms with Crippen LogP contribution in [0.4, 0.5) is 25.1 Å². The summed E-state index contributed by atoms with van der Waals surface area (Å²) in [6.45, 7) is 1.38. The molecule has 5 rings (SSSR count). The number of hydrogen-bond donors (Lipinski definition) is 2.